The van der Waals surface area contributed by atoms with E-state index in [1.807, 2.05) is 24.3 Å². The quantitative estimate of drug-likeness (QED) is 0.0124. The molecule has 1 amide bonds. The molecule has 5 rings (SSSR count). The van der Waals surface area contributed by atoms with E-state index in [2.05, 4.69) is 4.79 Å². The normalized spacial score (nSPS) is 14.9. The molecule has 1 aliphatic rings. The van der Waals surface area contributed by atoms with Crippen molar-refractivity contribution in [1.82, 2.24) is 4.90 Å². The van der Waals surface area contributed by atoms with Crippen molar-refractivity contribution in [2.75, 3.05) is 20.8 Å². The van der Waals surface area contributed by atoms with Gasteiger partial charge < -0.3 is 34.1 Å². The molecular weight excluding hydrogens is 770 g/mol. The Morgan fingerprint density at radius 1 is 0.797 bits per heavy atom. The van der Waals surface area contributed by atoms with Gasteiger partial charge in [-0.05, 0) is 84.5 Å². The van der Waals surface area contributed by atoms with Crippen molar-refractivity contribution in [3.8, 4) is 11.5 Å². The topological polar surface area (TPSA) is 240 Å². The van der Waals surface area contributed by atoms with Crippen molar-refractivity contribution in [3.63, 3.8) is 0 Å². The SMILES string of the molecule is COc1ccc(CC(Cc2ccc(OC)cc2)N2C(=O)C(CCOC(=O)OC(c3ccccc3)[N+](=O)[O-])C2CC(=O)C(=[N+]=[N-])C(=O)OCc2ccc([N+](=O)[O-])cc2)cc1. The third-order valence-corrected chi connectivity index (χ3v) is 9.65. The van der Waals surface area contributed by atoms with E-state index in [0.717, 1.165) is 11.1 Å². The standard InChI is InChI=1S/C41H39N5O13/c1-55-32-16-10-26(11-17-32)22-31(23-27-12-18-33(56-2)19-13-27)44-35(24-36(47)37(43-42)40(49)58-25-28-8-14-30(15-9-28)45(51)52)34(38(44)48)20-21-57-41(50)59-39(46(53)54)29-6-4-3-5-7-29/h3-19,31,34-35,39H,20-25H2,1-2H3. The van der Waals surface area contributed by atoms with Gasteiger partial charge in [-0.2, -0.15) is 4.79 Å². The highest BCUT2D eigenvalue weighted by molar-refractivity contribution is 6.62. The van der Waals surface area contributed by atoms with Crippen LogP contribution in [0.25, 0.3) is 5.53 Å². The number of ether oxygens (including phenoxy) is 5. The van der Waals surface area contributed by atoms with Gasteiger partial charge in [-0.15, -0.1) is 0 Å². The Labute approximate surface area is 337 Å². The zero-order chi connectivity index (χ0) is 42.5. The number of hydrogen-bond donors (Lipinski definition) is 0. The van der Waals surface area contributed by atoms with E-state index in [1.54, 1.807) is 30.3 Å². The molecule has 3 unspecified atom stereocenters. The molecule has 0 radical (unpaired) electrons. The first-order valence-corrected chi connectivity index (χ1v) is 18.2. The summed E-state index contributed by atoms with van der Waals surface area (Å²) in [5.74, 6) is -2.35. The molecule has 1 heterocycles. The number of hydrogen-bond acceptors (Lipinski definition) is 13. The summed E-state index contributed by atoms with van der Waals surface area (Å²) in [5.41, 5.74) is 10.8. The molecule has 1 saturated heterocycles. The number of amides is 1. The fourth-order valence-corrected chi connectivity index (χ4v) is 6.65. The minimum absolute atomic E-state index is 0.102. The highest BCUT2D eigenvalue weighted by Gasteiger charge is 2.52. The lowest BCUT2D eigenvalue weighted by atomic mass is 9.78. The number of benzene rings is 4. The second-order valence-corrected chi connectivity index (χ2v) is 13.3. The van der Waals surface area contributed by atoms with E-state index in [4.69, 9.17) is 23.7 Å². The first kappa shape index (κ1) is 42.7. The molecule has 0 spiro atoms. The van der Waals surface area contributed by atoms with Crippen molar-refractivity contribution in [2.24, 2.45) is 5.92 Å². The van der Waals surface area contributed by atoms with Crippen LogP contribution in [0, 0.1) is 26.1 Å². The number of nitro benzene ring substituents is 1. The minimum atomic E-state index is -1.84. The van der Waals surface area contributed by atoms with Crippen LogP contribution in [0.1, 0.15) is 41.3 Å². The van der Waals surface area contributed by atoms with E-state index in [9.17, 15) is 44.9 Å². The van der Waals surface area contributed by atoms with Crippen LogP contribution in [0.2, 0.25) is 0 Å². The summed E-state index contributed by atoms with van der Waals surface area (Å²) < 4.78 is 25.9. The summed E-state index contributed by atoms with van der Waals surface area (Å²) in [4.78, 5) is 79.2. The molecular formula is C41H39N5O13. The van der Waals surface area contributed by atoms with Crippen LogP contribution in [0.15, 0.2) is 103 Å². The summed E-state index contributed by atoms with van der Waals surface area (Å²) in [6.07, 6.45) is -3.20. The molecule has 1 aliphatic heterocycles. The molecule has 0 saturated carbocycles. The molecule has 0 N–H and O–H groups in total. The monoisotopic (exact) mass is 809 g/mol. The maximum atomic E-state index is 14.1. The Kier molecular flexibility index (Phi) is 14.5. The summed E-state index contributed by atoms with van der Waals surface area (Å²) in [6.45, 7) is -0.826. The van der Waals surface area contributed by atoms with Gasteiger partial charge in [0.25, 0.3) is 11.5 Å². The van der Waals surface area contributed by atoms with Crippen LogP contribution in [-0.4, -0.2) is 82.0 Å². The number of carbonyl (C=O) groups excluding carboxylic acids is 4. The van der Waals surface area contributed by atoms with Gasteiger partial charge in [0, 0.05) is 24.6 Å². The number of β-lactam (4-membered cyclic amide) rings is 1. The molecule has 4 aromatic rings. The molecule has 0 aliphatic carbocycles. The van der Waals surface area contributed by atoms with Crippen molar-refractivity contribution < 1.29 is 57.5 Å². The molecule has 3 atom stereocenters. The Balaban J connectivity index is 1.36. The number of nitrogens with zero attached hydrogens (tertiary/aromatic N) is 5. The second kappa shape index (κ2) is 20.1. The van der Waals surface area contributed by atoms with Crippen LogP contribution >= 0.6 is 0 Å². The van der Waals surface area contributed by atoms with Crippen LogP contribution < -0.4 is 9.47 Å². The van der Waals surface area contributed by atoms with E-state index in [0.29, 0.717) is 29.9 Å². The van der Waals surface area contributed by atoms with Crippen LogP contribution in [0.3, 0.4) is 0 Å². The summed E-state index contributed by atoms with van der Waals surface area (Å²) in [7, 11) is 3.06. The number of likely N-dealkylation sites (tertiary alicyclic amines) is 1. The minimum Gasteiger partial charge on any atom is -0.497 e. The van der Waals surface area contributed by atoms with Crippen molar-refractivity contribution in [1.29, 1.82) is 0 Å². The molecule has 306 valence electrons. The number of rotatable bonds is 20. The number of nitro groups is 2. The van der Waals surface area contributed by atoms with Gasteiger partial charge in [0.2, 0.25) is 5.91 Å². The summed E-state index contributed by atoms with van der Waals surface area (Å²) >= 11 is 0. The summed E-state index contributed by atoms with van der Waals surface area (Å²) in [5, 5.41) is 22.6. The van der Waals surface area contributed by atoms with Gasteiger partial charge in [-0.25, -0.2) is 9.59 Å². The van der Waals surface area contributed by atoms with Crippen LogP contribution in [0.5, 0.6) is 11.5 Å². The lowest BCUT2D eigenvalue weighted by Gasteiger charge is -2.51. The molecule has 59 heavy (non-hydrogen) atoms. The predicted octanol–water partition coefficient (Wildman–Crippen LogP) is 5.49. The highest BCUT2D eigenvalue weighted by atomic mass is 16.8. The lowest BCUT2D eigenvalue weighted by molar-refractivity contribution is -0.576. The molecule has 18 heteroatoms. The van der Waals surface area contributed by atoms with Gasteiger partial charge in [0.1, 0.15) is 18.1 Å². The Bertz CT molecular complexity index is 2140. The molecule has 0 aromatic heterocycles. The molecule has 4 aromatic carbocycles. The van der Waals surface area contributed by atoms with Crippen molar-refractivity contribution >= 4 is 35.2 Å². The fraction of sp³-hybridized carbons (Fsp3) is 0.293. The predicted molar refractivity (Wildman–Crippen MR) is 206 cm³/mol. The number of non-ortho nitro benzene ring substituents is 1. The fourth-order valence-electron chi connectivity index (χ4n) is 6.65. The number of carbonyl (C=O) groups is 4. The molecule has 0 bridgehead atoms. The smallest absolute Gasteiger partial charge is 0.497 e. The Morgan fingerprint density at radius 2 is 1.36 bits per heavy atom. The highest BCUT2D eigenvalue weighted by Crippen LogP contribution is 2.37. The average molecular weight is 810 g/mol. The molecule has 1 fully saturated rings. The number of esters is 1. The van der Waals surface area contributed by atoms with Gasteiger partial charge >= 0.3 is 24.1 Å². The maximum absolute atomic E-state index is 14.1. The van der Waals surface area contributed by atoms with Gasteiger partial charge in [0.15, 0.2) is 0 Å². The van der Waals surface area contributed by atoms with E-state index >= 15 is 0 Å². The number of Topliss-reactive ketones (excluding diaryl/α,β-unsaturated/α-hetero) is 1. The first-order chi connectivity index (χ1) is 28.4. The summed E-state index contributed by atoms with van der Waals surface area (Å²) in [6, 6.07) is 25.6. The number of ketones is 1. The Morgan fingerprint density at radius 3 is 1.86 bits per heavy atom. The second-order valence-electron chi connectivity index (χ2n) is 13.3. The third-order valence-electron chi connectivity index (χ3n) is 9.65. The van der Waals surface area contributed by atoms with Gasteiger partial charge in [0.05, 0.1) is 48.2 Å². The van der Waals surface area contributed by atoms with Gasteiger partial charge in [-0.1, -0.05) is 42.5 Å². The van der Waals surface area contributed by atoms with Crippen LogP contribution in [-0.2, 0) is 48.0 Å². The first-order valence-electron chi connectivity index (χ1n) is 18.2. The van der Waals surface area contributed by atoms with Gasteiger partial charge in [-0.3, -0.25) is 29.8 Å². The zero-order valence-corrected chi connectivity index (χ0v) is 31.9. The van der Waals surface area contributed by atoms with Crippen LogP contribution in [0.4, 0.5) is 10.5 Å². The van der Waals surface area contributed by atoms with E-state index < -0.39 is 83.2 Å². The molecule has 18 nitrogen and oxygen atoms in total. The average Bonchev–Trinajstić information content (AvgIpc) is 3.24. The van der Waals surface area contributed by atoms with Crippen molar-refractivity contribution in [3.05, 3.63) is 151 Å². The maximum Gasteiger partial charge on any atom is 0.513 e. The van der Waals surface area contributed by atoms with E-state index in [-0.39, 0.29) is 17.7 Å². The number of methoxy groups -OCH3 is 2. The third kappa shape index (κ3) is 11.1. The van der Waals surface area contributed by atoms with Crippen molar-refractivity contribution in [2.45, 2.75) is 50.6 Å². The Hall–Kier alpha value is -7.46. The largest absolute Gasteiger partial charge is 0.513 e. The van der Waals surface area contributed by atoms with E-state index in [1.165, 1.54) is 67.7 Å². The zero-order valence-electron chi connectivity index (χ0n) is 31.9. The lowest BCUT2D eigenvalue weighted by Crippen LogP contribution is -2.66.